The van der Waals surface area contributed by atoms with Gasteiger partial charge in [0.1, 0.15) is 11.5 Å². The van der Waals surface area contributed by atoms with Crippen LogP contribution in [0.25, 0.3) is 49.2 Å². The molecule has 11 nitrogen and oxygen atoms in total. The van der Waals surface area contributed by atoms with Crippen molar-refractivity contribution in [1.82, 2.24) is 5.32 Å². The maximum Gasteiger partial charge on any atom is 0.317 e. The van der Waals surface area contributed by atoms with Crippen molar-refractivity contribution in [3.8, 4) is 34.5 Å². The lowest BCUT2D eigenvalue weighted by Gasteiger charge is -2.26. The second kappa shape index (κ2) is 9.00. The van der Waals surface area contributed by atoms with Gasteiger partial charge in [0.05, 0.1) is 51.8 Å². The molecule has 0 spiro atoms. The monoisotopic (exact) mass is 559 g/mol. The van der Waals surface area contributed by atoms with Crippen molar-refractivity contribution in [2.75, 3.05) is 35.0 Å². The van der Waals surface area contributed by atoms with Gasteiger partial charge in [-0.2, -0.15) is 0 Å². The Labute approximate surface area is 231 Å². The van der Waals surface area contributed by atoms with Crippen molar-refractivity contribution < 1.29 is 39.1 Å². The van der Waals surface area contributed by atoms with Gasteiger partial charge in [0.15, 0.2) is 33.9 Å². The molecule has 5 aromatic rings. The average molecular weight is 560 g/mol. The fourth-order valence-corrected chi connectivity index (χ4v) is 6.37. The SMILES string of the molecule is COc1c(O)c2c(=O)cc(OC)c3c4c(OC)cc(=O)c5c(O)c(OC)c6c(c(c1C=C(C)C6NCC(=O)O)c23)c54. The van der Waals surface area contributed by atoms with Crippen molar-refractivity contribution in [2.45, 2.75) is 13.0 Å². The first-order chi connectivity index (χ1) is 19.6. The average Bonchev–Trinajstić information content (AvgIpc) is 3.06. The normalized spacial score (nSPS) is 14.7. The van der Waals surface area contributed by atoms with Crippen LogP contribution in [0.15, 0.2) is 27.3 Å². The third-order valence-corrected chi connectivity index (χ3v) is 7.86. The molecule has 11 heteroatoms. The molecule has 0 bridgehead atoms. The van der Waals surface area contributed by atoms with E-state index in [0.717, 1.165) is 0 Å². The number of phenolic OH excluding ortho intramolecular Hbond substituents is 2. The van der Waals surface area contributed by atoms with E-state index < -0.39 is 35.2 Å². The zero-order chi connectivity index (χ0) is 29.5. The van der Waals surface area contributed by atoms with Crippen LogP contribution in [0.5, 0.6) is 34.5 Å². The van der Waals surface area contributed by atoms with Gasteiger partial charge in [0.2, 0.25) is 0 Å². The molecule has 0 saturated carbocycles. The highest BCUT2D eigenvalue weighted by molar-refractivity contribution is 6.39. The van der Waals surface area contributed by atoms with Gasteiger partial charge in [-0.05, 0) is 13.0 Å². The number of carbonyl (C=O) groups is 1. The van der Waals surface area contributed by atoms with Crippen LogP contribution in [-0.4, -0.2) is 56.3 Å². The van der Waals surface area contributed by atoms with Crippen LogP contribution < -0.4 is 35.1 Å². The minimum atomic E-state index is -1.12. The molecule has 5 aromatic carbocycles. The minimum Gasteiger partial charge on any atom is -0.504 e. The van der Waals surface area contributed by atoms with Gasteiger partial charge >= 0.3 is 5.97 Å². The van der Waals surface area contributed by atoms with Gasteiger partial charge in [0.25, 0.3) is 0 Å². The molecule has 0 aromatic heterocycles. The fourth-order valence-electron chi connectivity index (χ4n) is 6.37. The van der Waals surface area contributed by atoms with E-state index in [0.29, 0.717) is 49.0 Å². The molecule has 41 heavy (non-hydrogen) atoms. The Bertz CT molecular complexity index is 2100. The number of carboxylic acids is 1. The quantitative estimate of drug-likeness (QED) is 0.171. The molecule has 0 fully saturated rings. The minimum absolute atomic E-state index is 0.0128. The number of carboxylic acid groups (broad SMARTS) is 1. The topological polar surface area (TPSA) is 161 Å². The van der Waals surface area contributed by atoms with Crippen LogP contribution >= 0.6 is 0 Å². The number of methoxy groups -OCH3 is 4. The predicted molar refractivity (Wildman–Crippen MR) is 153 cm³/mol. The highest BCUT2D eigenvalue weighted by Crippen LogP contribution is 2.58. The third-order valence-electron chi connectivity index (χ3n) is 7.86. The summed E-state index contributed by atoms with van der Waals surface area (Å²) in [6.45, 7) is 1.30. The smallest absolute Gasteiger partial charge is 0.317 e. The standard InChI is InChI=1S/C30H25NO10/c1-10-6-11-17-22-18(27(36)29(11)40-4)12(32)7-14(38-2)20(22)21-15(39-3)8-13(33)19-24(21)23(17)25(30(41-5)28(19)37)26(10)31-9-16(34)35/h6-8,26,31,36-37H,9H2,1-5H3,(H,34,35). The van der Waals surface area contributed by atoms with E-state index in [4.69, 9.17) is 18.9 Å². The Morgan fingerprint density at radius 3 is 1.76 bits per heavy atom. The lowest BCUT2D eigenvalue weighted by molar-refractivity contribution is -0.136. The summed E-state index contributed by atoms with van der Waals surface area (Å²) in [5.41, 5.74) is 0.237. The zero-order valence-corrected chi connectivity index (χ0v) is 22.7. The van der Waals surface area contributed by atoms with Crippen LogP contribution in [0.4, 0.5) is 0 Å². The highest BCUT2D eigenvalue weighted by atomic mass is 16.5. The van der Waals surface area contributed by atoms with Gasteiger partial charge in [-0.1, -0.05) is 5.57 Å². The van der Waals surface area contributed by atoms with Crippen LogP contribution in [0.3, 0.4) is 0 Å². The lowest BCUT2D eigenvalue weighted by Crippen LogP contribution is -2.28. The highest BCUT2D eigenvalue weighted by Gasteiger charge is 2.36. The van der Waals surface area contributed by atoms with E-state index in [1.165, 1.54) is 40.6 Å². The Balaban J connectivity index is 2.11. The summed E-state index contributed by atoms with van der Waals surface area (Å²) in [7, 11) is 5.48. The number of rotatable bonds is 7. The maximum atomic E-state index is 13.5. The second-order valence-electron chi connectivity index (χ2n) is 9.84. The van der Waals surface area contributed by atoms with Crippen molar-refractivity contribution >= 4 is 55.1 Å². The molecule has 1 unspecified atom stereocenters. The first-order valence-electron chi connectivity index (χ1n) is 12.5. The second-order valence-corrected chi connectivity index (χ2v) is 9.84. The van der Waals surface area contributed by atoms with E-state index in [9.17, 15) is 29.7 Å². The molecule has 1 aliphatic carbocycles. The van der Waals surface area contributed by atoms with Crippen LogP contribution in [-0.2, 0) is 4.79 Å². The number of phenols is 2. The first kappa shape index (κ1) is 26.2. The van der Waals surface area contributed by atoms with Crippen molar-refractivity contribution in [3.63, 3.8) is 0 Å². The van der Waals surface area contributed by atoms with Gasteiger partial charge in [-0.15, -0.1) is 0 Å². The van der Waals surface area contributed by atoms with E-state index in [-0.39, 0.29) is 39.5 Å². The number of fused-ring (bicyclic) bond motifs is 1. The molecule has 210 valence electrons. The number of nitrogens with one attached hydrogen (secondary N) is 1. The molecule has 4 N–H and O–H groups in total. The molecule has 0 amide bonds. The number of aliphatic carboxylic acids is 1. The molecule has 0 saturated heterocycles. The molecule has 1 aliphatic rings. The van der Waals surface area contributed by atoms with E-state index >= 15 is 0 Å². The Morgan fingerprint density at radius 1 is 0.756 bits per heavy atom. The van der Waals surface area contributed by atoms with E-state index in [1.54, 1.807) is 13.0 Å². The molecule has 6 rings (SSSR count). The summed E-state index contributed by atoms with van der Waals surface area (Å²) in [5, 5.41) is 37.6. The van der Waals surface area contributed by atoms with Crippen molar-refractivity contribution in [1.29, 1.82) is 0 Å². The van der Waals surface area contributed by atoms with E-state index in [1.807, 2.05) is 0 Å². The lowest BCUT2D eigenvalue weighted by atomic mass is 9.83. The van der Waals surface area contributed by atoms with Crippen LogP contribution in [0.2, 0.25) is 0 Å². The number of ether oxygens (including phenoxy) is 4. The summed E-state index contributed by atoms with van der Waals surface area (Å²) in [6, 6.07) is 1.63. The zero-order valence-electron chi connectivity index (χ0n) is 22.7. The van der Waals surface area contributed by atoms with Crippen LogP contribution in [0, 0.1) is 0 Å². The summed E-state index contributed by atoms with van der Waals surface area (Å²) in [6.07, 6.45) is 1.71. The van der Waals surface area contributed by atoms with Gasteiger partial charge in [-0.25, -0.2) is 0 Å². The molecular weight excluding hydrogens is 534 g/mol. The Morgan fingerprint density at radius 2 is 1.27 bits per heavy atom. The Kier molecular flexibility index (Phi) is 5.75. The van der Waals surface area contributed by atoms with Crippen molar-refractivity contribution in [3.05, 3.63) is 49.3 Å². The number of hydrogen-bond donors (Lipinski definition) is 4. The largest absolute Gasteiger partial charge is 0.504 e. The maximum absolute atomic E-state index is 13.5. The molecule has 0 radical (unpaired) electrons. The Hall–Kier alpha value is -5.03. The van der Waals surface area contributed by atoms with Gasteiger partial charge in [-0.3, -0.25) is 19.7 Å². The molecule has 1 atom stereocenters. The van der Waals surface area contributed by atoms with Crippen molar-refractivity contribution in [2.24, 2.45) is 0 Å². The van der Waals surface area contributed by atoms with E-state index in [2.05, 4.69) is 5.32 Å². The van der Waals surface area contributed by atoms with Crippen LogP contribution in [0.1, 0.15) is 24.1 Å². The third kappa shape index (κ3) is 3.26. The fraction of sp³-hybridized carbons (Fsp3) is 0.233. The van der Waals surface area contributed by atoms with Gasteiger partial charge < -0.3 is 34.3 Å². The van der Waals surface area contributed by atoms with Gasteiger partial charge in [0, 0.05) is 55.6 Å². The molecule has 0 heterocycles. The molecular formula is C30H25NO10. The summed E-state index contributed by atoms with van der Waals surface area (Å²) in [4.78, 5) is 38.7. The summed E-state index contributed by atoms with van der Waals surface area (Å²) in [5.74, 6) is -1.65. The summed E-state index contributed by atoms with van der Waals surface area (Å²) >= 11 is 0. The summed E-state index contributed by atoms with van der Waals surface area (Å²) < 4.78 is 22.7. The number of hydrogen-bond acceptors (Lipinski definition) is 10. The number of aromatic hydroxyl groups is 2. The predicted octanol–water partition coefficient (Wildman–Crippen LogP) is 3.47. The number of benzene rings is 5. The molecule has 0 aliphatic heterocycles. The first-order valence-corrected chi connectivity index (χ1v) is 12.5.